The molecule has 7 heteroatoms. The fourth-order valence-electron chi connectivity index (χ4n) is 3.21. The van der Waals surface area contributed by atoms with Crippen molar-refractivity contribution in [3.63, 3.8) is 0 Å². The fourth-order valence-corrected chi connectivity index (χ4v) is 3.21. The third-order valence-corrected chi connectivity index (χ3v) is 4.38. The standard InChI is InChI=1S/C21H25N3O4/c1-4-23-17-9-7-8-10-18(17)24(21(23)26)14-20(25)22-16-13-15(27-5-2)11-12-19(16)28-6-3/h7-13H,4-6,14H2,1-3H3,(H,22,25). The first-order chi connectivity index (χ1) is 13.6. The molecule has 0 aliphatic heterocycles. The van der Waals surface area contributed by atoms with Gasteiger partial charge in [-0.05, 0) is 45.0 Å². The number of rotatable bonds is 8. The molecule has 0 fully saturated rings. The molecule has 28 heavy (non-hydrogen) atoms. The molecule has 0 unspecified atom stereocenters. The minimum absolute atomic E-state index is 0.0865. The van der Waals surface area contributed by atoms with Gasteiger partial charge in [-0.3, -0.25) is 13.9 Å². The van der Waals surface area contributed by atoms with E-state index in [0.717, 1.165) is 11.0 Å². The number of anilines is 1. The molecule has 0 spiro atoms. The number of hydrogen-bond donors (Lipinski definition) is 1. The van der Waals surface area contributed by atoms with Crippen LogP contribution in [0.4, 0.5) is 5.69 Å². The van der Waals surface area contributed by atoms with Crippen LogP contribution in [-0.4, -0.2) is 28.3 Å². The lowest BCUT2D eigenvalue weighted by Gasteiger charge is -2.13. The van der Waals surface area contributed by atoms with Gasteiger partial charge in [-0.15, -0.1) is 0 Å². The molecule has 3 rings (SSSR count). The number of nitrogens with zero attached hydrogens (tertiary/aromatic N) is 2. The first-order valence-corrected chi connectivity index (χ1v) is 9.46. The van der Waals surface area contributed by atoms with E-state index in [-0.39, 0.29) is 18.1 Å². The smallest absolute Gasteiger partial charge is 0.329 e. The second kappa shape index (κ2) is 8.65. The molecule has 0 bridgehead atoms. The summed E-state index contributed by atoms with van der Waals surface area (Å²) in [5.41, 5.74) is 1.87. The number of imidazole rings is 1. The van der Waals surface area contributed by atoms with E-state index in [0.29, 0.717) is 36.9 Å². The first kappa shape index (κ1) is 19.5. The lowest BCUT2D eigenvalue weighted by molar-refractivity contribution is -0.116. The van der Waals surface area contributed by atoms with Gasteiger partial charge < -0.3 is 14.8 Å². The Bertz CT molecular complexity index is 1040. The topological polar surface area (TPSA) is 74.5 Å². The fraction of sp³-hybridized carbons (Fsp3) is 0.333. The number of aromatic nitrogens is 2. The number of benzene rings is 2. The van der Waals surface area contributed by atoms with Gasteiger partial charge in [0.2, 0.25) is 5.91 Å². The number of fused-ring (bicyclic) bond motifs is 1. The Hall–Kier alpha value is -3.22. The lowest BCUT2D eigenvalue weighted by Crippen LogP contribution is -2.29. The highest BCUT2D eigenvalue weighted by atomic mass is 16.5. The van der Waals surface area contributed by atoms with E-state index in [9.17, 15) is 9.59 Å². The molecule has 1 aromatic heterocycles. The van der Waals surface area contributed by atoms with Crippen molar-refractivity contribution in [2.45, 2.75) is 33.9 Å². The van der Waals surface area contributed by atoms with Gasteiger partial charge in [0.15, 0.2) is 0 Å². The SMILES string of the molecule is CCOc1ccc(OCC)c(NC(=O)Cn2c(=O)n(CC)c3ccccc32)c1. The maximum Gasteiger partial charge on any atom is 0.329 e. The summed E-state index contributed by atoms with van der Waals surface area (Å²) in [4.78, 5) is 25.4. The van der Waals surface area contributed by atoms with Crippen molar-refractivity contribution in [3.05, 3.63) is 52.9 Å². The van der Waals surface area contributed by atoms with Crippen molar-refractivity contribution >= 4 is 22.6 Å². The normalized spacial score (nSPS) is 10.8. The number of nitrogens with one attached hydrogen (secondary N) is 1. The Morgan fingerprint density at radius 2 is 1.64 bits per heavy atom. The molecule has 0 radical (unpaired) electrons. The monoisotopic (exact) mass is 383 g/mol. The minimum atomic E-state index is -0.310. The first-order valence-electron chi connectivity index (χ1n) is 9.46. The number of para-hydroxylation sites is 2. The van der Waals surface area contributed by atoms with Crippen molar-refractivity contribution in [2.75, 3.05) is 18.5 Å². The van der Waals surface area contributed by atoms with Crippen LogP contribution in [-0.2, 0) is 17.9 Å². The largest absolute Gasteiger partial charge is 0.494 e. The summed E-state index contributed by atoms with van der Waals surface area (Å²) in [6, 6.07) is 12.7. The van der Waals surface area contributed by atoms with Crippen LogP contribution in [0.2, 0.25) is 0 Å². The van der Waals surface area contributed by atoms with Crippen LogP contribution in [0.15, 0.2) is 47.3 Å². The average Bonchev–Trinajstić information content (AvgIpc) is 2.95. The van der Waals surface area contributed by atoms with E-state index >= 15 is 0 Å². The molecule has 0 aliphatic rings. The molecule has 1 heterocycles. The van der Waals surface area contributed by atoms with E-state index in [1.54, 1.807) is 22.8 Å². The average molecular weight is 383 g/mol. The van der Waals surface area contributed by atoms with Gasteiger partial charge in [-0.25, -0.2) is 4.79 Å². The van der Waals surface area contributed by atoms with Gasteiger partial charge in [0.25, 0.3) is 0 Å². The number of ether oxygens (including phenoxy) is 2. The Labute approximate surface area is 163 Å². The molecule has 0 aliphatic carbocycles. The Kier molecular flexibility index (Phi) is 6.03. The van der Waals surface area contributed by atoms with Crippen LogP contribution in [0, 0.1) is 0 Å². The highest BCUT2D eigenvalue weighted by Gasteiger charge is 2.16. The summed E-state index contributed by atoms with van der Waals surface area (Å²) >= 11 is 0. The van der Waals surface area contributed by atoms with Gasteiger partial charge in [-0.1, -0.05) is 12.1 Å². The van der Waals surface area contributed by atoms with Crippen LogP contribution in [0.25, 0.3) is 11.0 Å². The van der Waals surface area contributed by atoms with Crippen molar-refractivity contribution < 1.29 is 14.3 Å². The number of carbonyl (C=O) groups excluding carboxylic acids is 1. The van der Waals surface area contributed by atoms with E-state index in [2.05, 4.69) is 5.32 Å². The summed E-state index contributed by atoms with van der Waals surface area (Å²) in [6.07, 6.45) is 0. The number of hydrogen-bond acceptors (Lipinski definition) is 4. The summed E-state index contributed by atoms with van der Waals surface area (Å²) in [6.45, 7) is 7.13. The van der Waals surface area contributed by atoms with Crippen molar-refractivity contribution in [2.24, 2.45) is 0 Å². The van der Waals surface area contributed by atoms with Crippen molar-refractivity contribution in [1.82, 2.24) is 9.13 Å². The summed E-state index contributed by atoms with van der Waals surface area (Å²) in [5.74, 6) is 0.888. The van der Waals surface area contributed by atoms with E-state index in [1.807, 2.05) is 45.0 Å². The van der Waals surface area contributed by atoms with Gasteiger partial charge in [0, 0.05) is 12.6 Å². The zero-order valence-electron chi connectivity index (χ0n) is 16.4. The second-order valence-electron chi connectivity index (χ2n) is 6.17. The Morgan fingerprint density at radius 3 is 2.29 bits per heavy atom. The molecule has 0 saturated heterocycles. The van der Waals surface area contributed by atoms with Crippen LogP contribution in [0.3, 0.4) is 0 Å². The maximum atomic E-state index is 12.7. The summed E-state index contributed by atoms with van der Waals surface area (Å²) in [7, 11) is 0. The zero-order chi connectivity index (χ0) is 20.1. The third kappa shape index (κ3) is 3.88. The number of amides is 1. The van der Waals surface area contributed by atoms with E-state index in [4.69, 9.17) is 9.47 Å². The lowest BCUT2D eigenvalue weighted by atomic mass is 10.2. The van der Waals surface area contributed by atoms with E-state index in [1.165, 1.54) is 4.57 Å². The van der Waals surface area contributed by atoms with Crippen molar-refractivity contribution in [3.8, 4) is 11.5 Å². The molecule has 0 atom stereocenters. The highest BCUT2D eigenvalue weighted by molar-refractivity contribution is 5.93. The minimum Gasteiger partial charge on any atom is -0.494 e. The maximum absolute atomic E-state index is 12.7. The second-order valence-corrected chi connectivity index (χ2v) is 6.17. The molecule has 7 nitrogen and oxygen atoms in total. The molecular weight excluding hydrogens is 358 g/mol. The molecule has 148 valence electrons. The Morgan fingerprint density at radius 1 is 0.964 bits per heavy atom. The highest BCUT2D eigenvalue weighted by Crippen LogP contribution is 2.29. The van der Waals surface area contributed by atoms with Crippen LogP contribution in [0.1, 0.15) is 20.8 Å². The number of carbonyl (C=O) groups is 1. The van der Waals surface area contributed by atoms with E-state index < -0.39 is 0 Å². The summed E-state index contributed by atoms with van der Waals surface area (Å²) < 4.78 is 14.2. The zero-order valence-corrected chi connectivity index (χ0v) is 16.4. The molecule has 1 N–H and O–H groups in total. The molecular formula is C21H25N3O4. The van der Waals surface area contributed by atoms with Gasteiger partial charge in [0.1, 0.15) is 18.0 Å². The molecule has 0 saturated carbocycles. The Balaban J connectivity index is 1.89. The number of aryl methyl sites for hydroxylation is 1. The predicted molar refractivity (Wildman–Crippen MR) is 109 cm³/mol. The van der Waals surface area contributed by atoms with Gasteiger partial charge in [-0.2, -0.15) is 0 Å². The molecule has 2 aromatic carbocycles. The predicted octanol–water partition coefficient (Wildman–Crippen LogP) is 3.26. The van der Waals surface area contributed by atoms with Crippen LogP contribution >= 0.6 is 0 Å². The molecule has 1 amide bonds. The quantitative estimate of drug-likeness (QED) is 0.648. The van der Waals surface area contributed by atoms with Gasteiger partial charge >= 0.3 is 5.69 Å². The summed E-state index contributed by atoms with van der Waals surface area (Å²) in [5, 5.41) is 2.85. The van der Waals surface area contributed by atoms with Crippen molar-refractivity contribution in [1.29, 1.82) is 0 Å². The van der Waals surface area contributed by atoms with Crippen LogP contribution in [0.5, 0.6) is 11.5 Å². The van der Waals surface area contributed by atoms with Crippen LogP contribution < -0.4 is 20.5 Å². The third-order valence-electron chi connectivity index (χ3n) is 4.38. The van der Waals surface area contributed by atoms with Gasteiger partial charge in [0.05, 0.1) is 29.9 Å². The molecule has 3 aromatic rings.